The Morgan fingerprint density at radius 1 is 1.17 bits per heavy atom. The summed E-state index contributed by atoms with van der Waals surface area (Å²) in [5.41, 5.74) is 0.871. The Balaban J connectivity index is 1.67. The van der Waals surface area contributed by atoms with Crippen molar-refractivity contribution in [3.05, 3.63) is 29.8 Å². The van der Waals surface area contributed by atoms with Gasteiger partial charge in [0.2, 0.25) is 21.8 Å². The van der Waals surface area contributed by atoms with Gasteiger partial charge in [0.25, 0.3) is 0 Å². The topological polar surface area (TPSA) is 90.0 Å². The average Bonchev–Trinajstić information content (AvgIpc) is 3.15. The molecule has 9 heteroatoms. The molecule has 1 aromatic carbocycles. The van der Waals surface area contributed by atoms with Gasteiger partial charge in [0.05, 0.1) is 4.90 Å². The molecule has 2 fully saturated rings. The minimum Gasteiger partial charge on any atom is -0.343 e. The maximum absolute atomic E-state index is 13.3. The monoisotopic (exact) mass is 436 g/mol. The van der Waals surface area contributed by atoms with Crippen molar-refractivity contribution < 1.29 is 18.0 Å². The van der Waals surface area contributed by atoms with E-state index < -0.39 is 10.0 Å². The van der Waals surface area contributed by atoms with Gasteiger partial charge in [-0.15, -0.1) is 0 Å². The van der Waals surface area contributed by atoms with Gasteiger partial charge in [-0.3, -0.25) is 9.59 Å². The van der Waals surface area contributed by atoms with Crippen LogP contribution in [0.25, 0.3) is 0 Å². The third-order valence-corrected chi connectivity index (χ3v) is 7.57. The second-order valence-electron chi connectivity index (χ2n) is 7.94. The summed E-state index contributed by atoms with van der Waals surface area (Å²) in [4.78, 5) is 28.2. The number of carbonyl (C=O) groups excluding carboxylic acids is 2. The van der Waals surface area contributed by atoms with Crippen LogP contribution < -0.4 is 5.32 Å². The third kappa shape index (κ3) is 5.80. The summed E-state index contributed by atoms with van der Waals surface area (Å²) in [6.07, 6.45) is 2.15. The van der Waals surface area contributed by atoms with Gasteiger partial charge in [0, 0.05) is 65.2 Å². The summed E-state index contributed by atoms with van der Waals surface area (Å²) < 4.78 is 28.0. The molecule has 2 aliphatic rings. The molecule has 2 aliphatic heterocycles. The Bertz CT molecular complexity index is 852. The van der Waals surface area contributed by atoms with Gasteiger partial charge in [0.15, 0.2) is 0 Å². The molecule has 3 rings (SSSR count). The van der Waals surface area contributed by atoms with E-state index in [0.717, 1.165) is 31.6 Å². The van der Waals surface area contributed by atoms with E-state index in [1.165, 1.54) is 4.31 Å². The number of benzene rings is 1. The van der Waals surface area contributed by atoms with Crippen molar-refractivity contribution >= 4 is 21.8 Å². The SMILES string of the molecule is Cc1cccc(S(=O)(=O)N(CCCN2CCCC2=O)CCC(=O)N2CCNCC2)c1. The molecule has 0 aliphatic carbocycles. The predicted octanol–water partition coefficient (Wildman–Crippen LogP) is 0.820. The first-order valence-electron chi connectivity index (χ1n) is 10.7. The molecule has 0 saturated carbocycles. The Morgan fingerprint density at radius 3 is 2.60 bits per heavy atom. The van der Waals surface area contributed by atoms with Crippen LogP contribution >= 0.6 is 0 Å². The molecule has 1 N–H and O–H groups in total. The van der Waals surface area contributed by atoms with E-state index >= 15 is 0 Å². The molecule has 2 saturated heterocycles. The van der Waals surface area contributed by atoms with E-state index in [-0.39, 0.29) is 36.2 Å². The van der Waals surface area contributed by atoms with Crippen LogP contribution in [0.15, 0.2) is 29.2 Å². The van der Waals surface area contributed by atoms with Crippen LogP contribution in [0.4, 0.5) is 0 Å². The Kier molecular flexibility index (Phi) is 7.85. The molecule has 2 heterocycles. The molecular formula is C21H32N4O4S. The second-order valence-corrected chi connectivity index (χ2v) is 9.88. The van der Waals surface area contributed by atoms with Crippen molar-refractivity contribution in [2.24, 2.45) is 0 Å². The summed E-state index contributed by atoms with van der Waals surface area (Å²) in [6, 6.07) is 6.84. The highest BCUT2D eigenvalue weighted by Crippen LogP contribution is 2.19. The van der Waals surface area contributed by atoms with Gasteiger partial charge < -0.3 is 15.1 Å². The third-order valence-electron chi connectivity index (χ3n) is 5.68. The molecule has 0 spiro atoms. The van der Waals surface area contributed by atoms with Crippen LogP contribution in [-0.4, -0.2) is 86.7 Å². The predicted molar refractivity (Wildman–Crippen MR) is 114 cm³/mol. The summed E-state index contributed by atoms with van der Waals surface area (Å²) in [5.74, 6) is 0.118. The fourth-order valence-electron chi connectivity index (χ4n) is 3.95. The number of amides is 2. The van der Waals surface area contributed by atoms with Crippen molar-refractivity contribution in [1.29, 1.82) is 0 Å². The smallest absolute Gasteiger partial charge is 0.243 e. The Labute approximate surface area is 179 Å². The van der Waals surface area contributed by atoms with E-state index in [0.29, 0.717) is 32.5 Å². The zero-order chi connectivity index (χ0) is 21.6. The van der Waals surface area contributed by atoms with Crippen molar-refractivity contribution in [3.63, 3.8) is 0 Å². The lowest BCUT2D eigenvalue weighted by Gasteiger charge is -2.29. The normalized spacial score (nSPS) is 17.7. The number of hydrogen-bond donors (Lipinski definition) is 1. The summed E-state index contributed by atoms with van der Waals surface area (Å²) in [7, 11) is -3.71. The molecule has 0 radical (unpaired) electrons. The molecule has 0 bridgehead atoms. The van der Waals surface area contributed by atoms with Crippen molar-refractivity contribution in [2.75, 3.05) is 52.4 Å². The molecule has 8 nitrogen and oxygen atoms in total. The van der Waals surface area contributed by atoms with Crippen LogP contribution in [0, 0.1) is 6.92 Å². The van der Waals surface area contributed by atoms with Gasteiger partial charge in [0.1, 0.15) is 0 Å². The average molecular weight is 437 g/mol. The number of piperazine rings is 1. The highest BCUT2D eigenvalue weighted by molar-refractivity contribution is 7.89. The number of likely N-dealkylation sites (tertiary alicyclic amines) is 1. The number of rotatable bonds is 9. The summed E-state index contributed by atoms with van der Waals surface area (Å²) in [6.45, 7) is 6.41. The van der Waals surface area contributed by atoms with Gasteiger partial charge in [-0.2, -0.15) is 4.31 Å². The van der Waals surface area contributed by atoms with Gasteiger partial charge in [-0.05, 0) is 37.5 Å². The second kappa shape index (κ2) is 10.4. The molecule has 166 valence electrons. The molecule has 0 unspecified atom stereocenters. The van der Waals surface area contributed by atoms with Gasteiger partial charge >= 0.3 is 0 Å². The molecule has 30 heavy (non-hydrogen) atoms. The minimum atomic E-state index is -3.71. The highest BCUT2D eigenvalue weighted by Gasteiger charge is 2.27. The standard InChI is InChI=1S/C21H32N4O4S/c1-18-5-2-6-19(17-18)30(28,29)25(13-4-12-23-11-3-7-20(23)26)14-8-21(27)24-15-9-22-10-16-24/h2,5-6,17,22H,3-4,7-16H2,1H3. The number of hydrogen-bond acceptors (Lipinski definition) is 5. The number of nitrogens with zero attached hydrogens (tertiary/aromatic N) is 3. The van der Waals surface area contributed by atoms with Crippen LogP contribution in [-0.2, 0) is 19.6 Å². The zero-order valence-corrected chi connectivity index (χ0v) is 18.5. The van der Waals surface area contributed by atoms with Crippen molar-refractivity contribution in [1.82, 2.24) is 19.4 Å². The van der Waals surface area contributed by atoms with Crippen LogP contribution in [0.1, 0.15) is 31.2 Å². The van der Waals surface area contributed by atoms with E-state index in [9.17, 15) is 18.0 Å². The van der Waals surface area contributed by atoms with Gasteiger partial charge in [-0.1, -0.05) is 12.1 Å². The zero-order valence-electron chi connectivity index (χ0n) is 17.7. The van der Waals surface area contributed by atoms with E-state index in [1.54, 1.807) is 28.0 Å². The fraction of sp³-hybridized carbons (Fsp3) is 0.619. The van der Waals surface area contributed by atoms with Crippen molar-refractivity contribution in [3.8, 4) is 0 Å². The molecular weight excluding hydrogens is 404 g/mol. The lowest BCUT2D eigenvalue weighted by molar-refractivity contribution is -0.131. The molecule has 1 aromatic rings. The first-order chi connectivity index (χ1) is 14.4. The van der Waals surface area contributed by atoms with E-state index in [1.807, 2.05) is 13.0 Å². The fourth-order valence-corrected chi connectivity index (χ4v) is 5.53. The number of nitrogens with one attached hydrogen (secondary N) is 1. The molecule has 2 amide bonds. The van der Waals surface area contributed by atoms with Crippen LogP contribution in [0.3, 0.4) is 0 Å². The maximum atomic E-state index is 13.3. The van der Waals surface area contributed by atoms with E-state index in [4.69, 9.17) is 0 Å². The minimum absolute atomic E-state index is 0.0179. The summed E-state index contributed by atoms with van der Waals surface area (Å²) >= 11 is 0. The van der Waals surface area contributed by atoms with Crippen LogP contribution in [0.5, 0.6) is 0 Å². The van der Waals surface area contributed by atoms with Crippen LogP contribution in [0.2, 0.25) is 0 Å². The maximum Gasteiger partial charge on any atom is 0.243 e. The van der Waals surface area contributed by atoms with Crippen molar-refractivity contribution in [2.45, 2.75) is 37.5 Å². The first-order valence-corrected chi connectivity index (χ1v) is 12.1. The summed E-state index contributed by atoms with van der Waals surface area (Å²) in [5, 5.41) is 3.21. The number of aryl methyl sites for hydroxylation is 1. The lowest BCUT2D eigenvalue weighted by atomic mass is 10.2. The number of sulfonamides is 1. The Morgan fingerprint density at radius 2 is 1.93 bits per heavy atom. The largest absolute Gasteiger partial charge is 0.343 e. The first kappa shape index (κ1) is 22.7. The van der Waals surface area contributed by atoms with Gasteiger partial charge in [-0.25, -0.2) is 8.42 Å². The van der Waals surface area contributed by atoms with E-state index in [2.05, 4.69) is 5.32 Å². The lowest BCUT2D eigenvalue weighted by Crippen LogP contribution is -2.47. The number of carbonyl (C=O) groups is 2. The quantitative estimate of drug-likeness (QED) is 0.619. The highest BCUT2D eigenvalue weighted by atomic mass is 32.2. The molecule has 0 atom stereocenters. The Hall–Kier alpha value is -1.97. The molecule has 0 aromatic heterocycles.